The minimum Gasteiger partial charge on any atom is -0.478 e. The van der Waals surface area contributed by atoms with Gasteiger partial charge in [0.05, 0.1) is 24.9 Å². The predicted molar refractivity (Wildman–Crippen MR) is 133 cm³/mol. The van der Waals surface area contributed by atoms with Crippen LogP contribution in [0.4, 0.5) is 4.39 Å². The Morgan fingerprint density at radius 3 is 2.97 bits per heavy atom. The number of ether oxygens (including phenoxy) is 2. The molecule has 2 aromatic rings. The van der Waals surface area contributed by atoms with Gasteiger partial charge in [0, 0.05) is 53.6 Å². The number of morpholine rings is 1. The molecule has 36 heavy (non-hydrogen) atoms. The van der Waals surface area contributed by atoms with Gasteiger partial charge in [0.1, 0.15) is 11.9 Å². The second-order valence-corrected chi connectivity index (χ2v) is 9.26. The molecule has 3 heterocycles. The summed E-state index contributed by atoms with van der Waals surface area (Å²) >= 11 is 7.78. The van der Waals surface area contributed by atoms with E-state index in [0.717, 1.165) is 6.08 Å². The Morgan fingerprint density at radius 1 is 1.44 bits per heavy atom. The molecule has 4 rings (SSSR count). The van der Waals surface area contributed by atoms with Gasteiger partial charge in [-0.15, -0.1) is 11.3 Å². The molecule has 0 amide bonds. The number of amidine groups is 1. The van der Waals surface area contributed by atoms with Crippen molar-refractivity contribution in [3.8, 4) is 0 Å². The first kappa shape index (κ1) is 26.0. The van der Waals surface area contributed by atoms with Crippen LogP contribution in [-0.2, 0) is 19.1 Å². The van der Waals surface area contributed by atoms with Crippen LogP contribution in [0.25, 0.3) is 0 Å². The zero-order valence-electron chi connectivity index (χ0n) is 19.3. The van der Waals surface area contributed by atoms with Crippen molar-refractivity contribution < 1.29 is 28.6 Å². The van der Waals surface area contributed by atoms with Gasteiger partial charge in [-0.2, -0.15) is 0 Å². The fourth-order valence-corrected chi connectivity index (χ4v) is 4.83. The van der Waals surface area contributed by atoms with Gasteiger partial charge in [-0.05, 0) is 25.1 Å². The predicted octanol–water partition coefficient (Wildman–Crippen LogP) is 3.19. The average Bonchev–Trinajstić information content (AvgIpc) is 3.38. The van der Waals surface area contributed by atoms with Crippen LogP contribution >= 0.6 is 22.9 Å². The molecule has 1 fully saturated rings. The van der Waals surface area contributed by atoms with Crippen molar-refractivity contribution in [2.45, 2.75) is 19.1 Å². The Hall–Kier alpha value is -3.12. The minimum absolute atomic E-state index is 0.135. The fourth-order valence-electron chi connectivity index (χ4n) is 3.97. The van der Waals surface area contributed by atoms with Crippen LogP contribution in [-0.4, -0.2) is 71.7 Å². The van der Waals surface area contributed by atoms with E-state index in [1.165, 1.54) is 35.6 Å². The molecule has 9 nitrogen and oxygen atoms in total. The summed E-state index contributed by atoms with van der Waals surface area (Å²) in [6.45, 7) is 3.52. The molecule has 1 unspecified atom stereocenters. The summed E-state index contributed by atoms with van der Waals surface area (Å²) in [6, 6.07) is 3.11. The second-order valence-electron chi connectivity index (χ2n) is 7.96. The number of thiazole rings is 1. The minimum atomic E-state index is -1.06. The Morgan fingerprint density at radius 2 is 2.28 bits per heavy atom. The number of carbonyl (C=O) groups excluding carboxylic acids is 1. The van der Waals surface area contributed by atoms with Gasteiger partial charge < -0.3 is 19.9 Å². The smallest absolute Gasteiger partial charge is 0.338 e. The van der Waals surface area contributed by atoms with E-state index in [9.17, 15) is 14.0 Å². The number of carboxylic acids is 1. The molecule has 1 saturated heterocycles. The molecule has 2 aliphatic rings. The Bertz CT molecular complexity index is 1220. The molecule has 0 saturated carbocycles. The van der Waals surface area contributed by atoms with Crippen molar-refractivity contribution in [1.29, 1.82) is 0 Å². The normalized spacial score (nSPS) is 20.8. The summed E-state index contributed by atoms with van der Waals surface area (Å²) in [7, 11) is 0. The number of hydrogen-bond acceptors (Lipinski definition) is 9. The van der Waals surface area contributed by atoms with Crippen molar-refractivity contribution in [2.75, 3.05) is 32.8 Å². The van der Waals surface area contributed by atoms with Crippen molar-refractivity contribution in [2.24, 2.45) is 4.99 Å². The van der Waals surface area contributed by atoms with E-state index in [-0.39, 0.29) is 17.2 Å². The SMILES string of the molecule is CCOC(=O)C1=C(CN2CCO[C@H](/C=C/C(=O)O)C2)NC(c2nccs2)=NC1c1ccc(F)cc1Cl. The fraction of sp³-hybridized carbons (Fsp3) is 0.333. The summed E-state index contributed by atoms with van der Waals surface area (Å²) in [5.41, 5.74) is 1.26. The van der Waals surface area contributed by atoms with E-state index in [1.54, 1.807) is 13.1 Å². The van der Waals surface area contributed by atoms with Gasteiger partial charge in [-0.25, -0.2) is 19.0 Å². The summed E-state index contributed by atoms with van der Waals surface area (Å²) in [6.07, 6.45) is 3.78. The first-order valence-corrected chi connectivity index (χ1v) is 12.5. The van der Waals surface area contributed by atoms with E-state index < -0.39 is 29.9 Å². The first-order valence-electron chi connectivity index (χ1n) is 11.2. The third-order valence-electron chi connectivity index (χ3n) is 5.53. The lowest BCUT2D eigenvalue weighted by atomic mass is 9.95. The van der Waals surface area contributed by atoms with Gasteiger partial charge in [0.25, 0.3) is 0 Å². The van der Waals surface area contributed by atoms with E-state index >= 15 is 0 Å². The molecule has 1 aromatic carbocycles. The van der Waals surface area contributed by atoms with Gasteiger partial charge in [-0.3, -0.25) is 9.89 Å². The van der Waals surface area contributed by atoms with Crippen molar-refractivity contribution >= 4 is 40.7 Å². The highest BCUT2D eigenvalue weighted by molar-refractivity contribution is 7.11. The van der Waals surface area contributed by atoms with Crippen LogP contribution in [0.1, 0.15) is 23.5 Å². The maximum absolute atomic E-state index is 13.8. The molecule has 190 valence electrons. The van der Waals surface area contributed by atoms with E-state index in [1.807, 2.05) is 10.3 Å². The lowest BCUT2D eigenvalue weighted by Crippen LogP contribution is -2.46. The quantitative estimate of drug-likeness (QED) is 0.392. The standard InChI is InChI=1S/C24H24ClFN4O5S/c1-2-34-24(33)20-18(13-30-8-9-35-15(12-30)4-6-19(31)32)28-22(23-27-7-10-36-23)29-21(20)16-5-3-14(26)11-17(16)25/h3-7,10-11,15,21H,2,8-9,12-13H2,1H3,(H,28,29)(H,31,32)/b6-4+/t15-,21?/m1/s1. The first-order chi connectivity index (χ1) is 17.4. The average molecular weight is 535 g/mol. The molecular formula is C24H24ClFN4O5S. The highest BCUT2D eigenvalue weighted by atomic mass is 35.5. The second kappa shape index (κ2) is 11.7. The molecular weight excluding hydrogens is 511 g/mol. The molecule has 0 bridgehead atoms. The van der Waals surface area contributed by atoms with E-state index in [0.29, 0.717) is 48.3 Å². The van der Waals surface area contributed by atoms with Crippen LogP contribution in [0.5, 0.6) is 0 Å². The van der Waals surface area contributed by atoms with Gasteiger partial charge in [0.2, 0.25) is 0 Å². The molecule has 1 aromatic heterocycles. The number of carbonyl (C=O) groups is 2. The number of aliphatic imine (C=N–C) groups is 1. The van der Waals surface area contributed by atoms with Crippen LogP contribution < -0.4 is 5.32 Å². The zero-order valence-corrected chi connectivity index (χ0v) is 20.9. The largest absolute Gasteiger partial charge is 0.478 e. The summed E-state index contributed by atoms with van der Waals surface area (Å²) in [5, 5.41) is 14.7. The molecule has 2 atom stereocenters. The van der Waals surface area contributed by atoms with E-state index in [2.05, 4.69) is 10.3 Å². The van der Waals surface area contributed by atoms with Gasteiger partial charge in [0.15, 0.2) is 10.8 Å². The van der Waals surface area contributed by atoms with Gasteiger partial charge in [-0.1, -0.05) is 17.7 Å². The van der Waals surface area contributed by atoms with Crippen molar-refractivity contribution in [3.63, 3.8) is 0 Å². The third-order valence-corrected chi connectivity index (χ3v) is 6.63. The number of rotatable bonds is 8. The molecule has 0 aliphatic carbocycles. The summed E-state index contributed by atoms with van der Waals surface area (Å²) < 4.78 is 24.8. The van der Waals surface area contributed by atoms with Crippen LogP contribution in [0, 0.1) is 5.82 Å². The van der Waals surface area contributed by atoms with Crippen LogP contribution in [0.15, 0.2) is 58.2 Å². The Labute approximate surface area is 215 Å². The number of halogens is 2. The van der Waals surface area contributed by atoms with Crippen molar-refractivity contribution in [3.05, 3.63) is 74.6 Å². The molecule has 0 radical (unpaired) electrons. The van der Waals surface area contributed by atoms with Gasteiger partial charge >= 0.3 is 11.9 Å². The lowest BCUT2D eigenvalue weighted by molar-refractivity contribution is -0.139. The van der Waals surface area contributed by atoms with Crippen LogP contribution in [0.2, 0.25) is 5.02 Å². The number of hydrogen-bond donors (Lipinski definition) is 2. The lowest BCUT2D eigenvalue weighted by Gasteiger charge is -2.34. The summed E-state index contributed by atoms with van der Waals surface area (Å²) in [5.74, 6) is -1.67. The molecule has 2 N–H and O–H groups in total. The zero-order chi connectivity index (χ0) is 25.7. The maximum atomic E-state index is 13.8. The molecule has 0 spiro atoms. The number of esters is 1. The number of benzene rings is 1. The Balaban J connectivity index is 1.74. The topological polar surface area (TPSA) is 113 Å². The molecule has 12 heteroatoms. The molecule has 2 aliphatic heterocycles. The maximum Gasteiger partial charge on any atom is 0.338 e. The number of aliphatic carboxylic acids is 1. The number of carboxylic acid groups (broad SMARTS) is 1. The summed E-state index contributed by atoms with van der Waals surface area (Å²) in [4.78, 5) is 35.2. The van der Waals surface area contributed by atoms with Crippen molar-refractivity contribution in [1.82, 2.24) is 15.2 Å². The number of aromatic nitrogens is 1. The van der Waals surface area contributed by atoms with Crippen LogP contribution in [0.3, 0.4) is 0 Å². The highest BCUT2D eigenvalue weighted by Gasteiger charge is 2.35. The number of nitrogens with zero attached hydrogens (tertiary/aromatic N) is 3. The monoisotopic (exact) mass is 534 g/mol. The third kappa shape index (κ3) is 6.16. The van der Waals surface area contributed by atoms with E-state index in [4.69, 9.17) is 31.2 Å². The Kier molecular flexibility index (Phi) is 8.47. The highest BCUT2D eigenvalue weighted by Crippen LogP contribution is 2.37. The number of nitrogens with one attached hydrogen (secondary N) is 1.